The van der Waals surface area contributed by atoms with Gasteiger partial charge in [-0.3, -0.25) is 19.2 Å². The Morgan fingerprint density at radius 1 is 1.04 bits per heavy atom. The second-order valence-electron chi connectivity index (χ2n) is 16.6. The summed E-state index contributed by atoms with van der Waals surface area (Å²) in [5.41, 5.74) is -1.96. The summed E-state index contributed by atoms with van der Waals surface area (Å²) in [6, 6.07) is -3.81. The highest BCUT2D eigenvalue weighted by Gasteiger charge is 2.70. The molecule has 13 heteroatoms. The number of amides is 5. The van der Waals surface area contributed by atoms with Gasteiger partial charge in [0.15, 0.2) is 9.84 Å². The van der Waals surface area contributed by atoms with Crippen molar-refractivity contribution in [2.45, 2.75) is 123 Å². The number of nitrogens with one attached hydrogen (secondary N) is 4. The second kappa shape index (κ2) is 16.3. The lowest BCUT2D eigenvalue weighted by atomic mass is 9.83. The maximum absolute atomic E-state index is 14.4. The Morgan fingerprint density at radius 2 is 1.68 bits per heavy atom. The summed E-state index contributed by atoms with van der Waals surface area (Å²) in [6.45, 7) is 17.3. The Balaban J connectivity index is 1.84. The quantitative estimate of drug-likeness (QED) is 0.108. The molecule has 5 amide bonds. The normalized spacial score (nSPS) is 23.4. The zero-order valence-electron chi connectivity index (χ0n) is 31.0. The highest BCUT2D eigenvalue weighted by molar-refractivity contribution is 7.91. The molecule has 0 bridgehead atoms. The first-order valence-electron chi connectivity index (χ1n) is 18.0. The van der Waals surface area contributed by atoms with Gasteiger partial charge in [0, 0.05) is 19.5 Å². The van der Waals surface area contributed by atoms with Crippen LogP contribution in [0.3, 0.4) is 0 Å². The molecule has 0 radical (unpaired) electrons. The first-order chi connectivity index (χ1) is 23.2. The number of Topliss-reactive ketones (excluding diaryl/α,β-unsaturated/α-hetero) is 1. The predicted octanol–water partition coefficient (Wildman–Crippen LogP) is 3.12. The van der Waals surface area contributed by atoms with E-state index in [1.54, 1.807) is 0 Å². The van der Waals surface area contributed by atoms with E-state index in [2.05, 4.69) is 33.8 Å². The van der Waals surface area contributed by atoms with Crippen LogP contribution in [0.15, 0.2) is 12.7 Å². The zero-order chi connectivity index (χ0) is 37.7. The molecule has 0 aromatic carbocycles. The van der Waals surface area contributed by atoms with Gasteiger partial charge in [-0.2, -0.15) is 0 Å². The highest BCUT2D eigenvalue weighted by Crippen LogP contribution is 2.65. The fraction of sp³-hybridized carbons (Fsp3) is 0.757. The Hall–Kier alpha value is -3.40. The van der Waals surface area contributed by atoms with Gasteiger partial charge in [0.1, 0.15) is 12.1 Å². The van der Waals surface area contributed by atoms with Gasteiger partial charge in [-0.25, -0.2) is 13.2 Å². The van der Waals surface area contributed by atoms with E-state index in [9.17, 15) is 32.4 Å². The number of carbonyl (C=O) groups excluding carboxylic acids is 5. The lowest BCUT2D eigenvalue weighted by molar-refractivity contribution is -0.145. The number of hydrogen-bond donors (Lipinski definition) is 4. The van der Waals surface area contributed by atoms with Gasteiger partial charge in [-0.1, -0.05) is 73.8 Å². The first-order valence-corrected chi connectivity index (χ1v) is 19.8. The van der Waals surface area contributed by atoms with Crippen LogP contribution in [0.4, 0.5) is 4.79 Å². The molecule has 2 aliphatic carbocycles. The molecule has 2 unspecified atom stereocenters. The van der Waals surface area contributed by atoms with Crippen molar-refractivity contribution in [2.75, 3.05) is 24.6 Å². The maximum atomic E-state index is 14.4. The smallest absolute Gasteiger partial charge is 0.315 e. The molecule has 3 aliphatic rings. The van der Waals surface area contributed by atoms with Crippen LogP contribution >= 0.6 is 0 Å². The SMILES string of the molecule is C#CCCC(NC(=O)[C@@H]1[C@@H]2C(CN1C(=O)[C@@H](NC(=O)NC1(CS(=O)(=O)CCC(C)C)CCCCC1)C(C)(C)C)C2(C)C)C(=O)C(=O)NCC=C. The van der Waals surface area contributed by atoms with E-state index in [0.29, 0.717) is 19.3 Å². The van der Waals surface area contributed by atoms with Crippen LogP contribution in [0, 0.1) is 40.9 Å². The molecule has 3 rings (SSSR count). The largest absolute Gasteiger partial charge is 0.346 e. The number of hydrogen-bond acceptors (Lipinski definition) is 7. The van der Waals surface area contributed by atoms with Crippen LogP contribution in [0.1, 0.15) is 99.8 Å². The molecule has 12 nitrogen and oxygen atoms in total. The van der Waals surface area contributed by atoms with Crippen LogP contribution < -0.4 is 21.3 Å². The molecular weight excluding hydrogens is 659 g/mol. The van der Waals surface area contributed by atoms with Gasteiger partial charge < -0.3 is 26.2 Å². The number of fused-ring (bicyclic) bond motifs is 1. The molecule has 1 aliphatic heterocycles. The van der Waals surface area contributed by atoms with Crippen molar-refractivity contribution in [3.63, 3.8) is 0 Å². The standard InChI is InChI=1S/C37H59N5O7S/c1-10-12-16-26(29(43)32(45)38-20-11-2)39-31(44)28-27-25(36(27,8)9)22-42(28)33(46)30(35(5,6)7)40-34(47)41-37(18-14-13-15-19-37)23-50(48,49)21-17-24(3)4/h1,11,24-28,30H,2,12-23H2,3-9H3,(H,38,45)(H,39,44)(H2,40,41,47)/t25?,26?,27-,28-,30+/m0/s1. The van der Waals surface area contributed by atoms with E-state index in [0.717, 1.165) is 19.3 Å². The number of urea groups is 1. The number of piperidine rings is 1. The van der Waals surface area contributed by atoms with Gasteiger partial charge in [-0.15, -0.1) is 18.9 Å². The maximum Gasteiger partial charge on any atom is 0.315 e. The number of carbonyl (C=O) groups is 5. The summed E-state index contributed by atoms with van der Waals surface area (Å²) < 4.78 is 26.3. The molecule has 4 N–H and O–H groups in total. The summed E-state index contributed by atoms with van der Waals surface area (Å²) in [5, 5.41) is 11.0. The molecule has 0 spiro atoms. The third kappa shape index (κ3) is 10.1. The highest BCUT2D eigenvalue weighted by atomic mass is 32.2. The number of rotatable bonds is 16. The average molecular weight is 718 g/mol. The van der Waals surface area contributed by atoms with E-state index in [1.807, 2.05) is 48.5 Å². The molecular formula is C37H59N5O7S. The van der Waals surface area contributed by atoms with E-state index in [4.69, 9.17) is 6.42 Å². The number of nitrogens with zero attached hydrogens (tertiary/aromatic N) is 1. The lowest BCUT2D eigenvalue weighted by Gasteiger charge is -2.40. The third-order valence-corrected chi connectivity index (χ3v) is 12.5. The number of ketones is 1. The van der Waals surface area contributed by atoms with Crippen molar-refractivity contribution in [3.8, 4) is 12.3 Å². The minimum atomic E-state index is -3.45. The molecule has 0 aromatic heterocycles. The third-order valence-electron chi connectivity index (χ3n) is 10.7. The minimum absolute atomic E-state index is 0.0222. The minimum Gasteiger partial charge on any atom is -0.346 e. The zero-order valence-corrected chi connectivity index (χ0v) is 31.8. The monoisotopic (exact) mass is 717 g/mol. The molecule has 1 saturated heterocycles. The number of sulfone groups is 1. The van der Waals surface area contributed by atoms with Crippen molar-refractivity contribution in [1.82, 2.24) is 26.2 Å². The van der Waals surface area contributed by atoms with Crippen molar-refractivity contribution >= 4 is 39.4 Å². The van der Waals surface area contributed by atoms with Crippen LogP contribution in [0.25, 0.3) is 0 Å². The van der Waals surface area contributed by atoms with Gasteiger partial charge in [-0.05, 0) is 54.3 Å². The molecule has 5 atom stereocenters. The molecule has 50 heavy (non-hydrogen) atoms. The Bertz CT molecular complexity index is 1450. The number of likely N-dealkylation sites (tertiary alicyclic amines) is 1. The van der Waals surface area contributed by atoms with Crippen LogP contribution in [-0.2, 0) is 29.0 Å². The van der Waals surface area contributed by atoms with Crippen LogP contribution in [-0.4, -0.2) is 91.1 Å². The fourth-order valence-corrected chi connectivity index (χ4v) is 9.82. The molecule has 0 aromatic rings. The van der Waals surface area contributed by atoms with E-state index >= 15 is 0 Å². The van der Waals surface area contributed by atoms with Gasteiger partial charge in [0.05, 0.1) is 23.1 Å². The van der Waals surface area contributed by atoms with Crippen molar-refractivity contribution in [3.05, 3.63) is 12.7 Å². The van der Waals surface area contributed by atoms with E-state index in [1.165, 1.54) is 11.0 Å². The second-order valence-corrected chi connectivity index (χ2v) is 18.8. The lowest BCUT2D eigenvalue weighted by Crippen LogP contribution is -2.64. The van der Waals surface area contributed by atoms with Crippen molar-refractivity contribution < 1.29 is 32.4 Å². The molecule has 2 saturated carbocycles. The summed E-state index contributed by atoms with van der Waals surface area (Å²) in [7, 11) is -3.45. The van der Waals surface area contributed by atoms with E-state index < -0.39 is 68.5 Å². The summed E-state index contributed by atoms with van der Waals surface area (Å²) in [5.74, 6) is -0.340. The molecule has 280 valence electrons. The molecule has 3 fully saturated rings. The van der Waals surface area contributed by atoms with E-state index in [-0.39, 0.29) is 60.6 Å². The van der Waals surface area contributed by atoms with Gasteiger partial charge >= 0.3 is 6.03 Å². The first kappa shape index (κ1) is 41.0. The van der Waals surface area contributed by atoms with Crippen molar-refractivity contribution in [2.24, 2.45) is 28.6 Å². The summed E-state index contributed by atoms with van der Waals surface area (Å²) in [6.07, 6.45) is 11.2. The Labute approximate surface area is 299 Å². The van der Waals surface area contributed by atoms with Gasteiger partial charge in [0.2, 0.25) is 17.6 Å². The topological polar surface area (TPSA) is 171 Å². The predicted molar refractivity (Wildman–Crippen MR) is 193 cm³/mol. The molecule has 1 heterocycles. The van der Waals surface area contributed by atoms with Crippen molar-refractivity contribution in [1.29, 1.82) is 0 Å². The Morgan fingerprint density at radius 3 is 2.24 bits per heavy atom. The Kier molecular flexibility index (Phi) is 13.4. The fourth-order valence-electron chi connectivity index (χ4n) is 7.64. The number of terminal acetylenes is 1. The van der Waals surface area contributed by atoms with Crippen LogP contribution in [0.5, 0.6) is 0 Å². The van der Waals surface area contributed by atoms with Gasteiger partial charge in [0.25, 0.3) is 5.91 Å². The average Bonchev–Trinajstić information content (AvgIpc) is 3.33. The summed E-state index contributed by atoms with van der Waals surface area (Å²) in [4.78, 5) is 69.2. The summed E-state index contributed by atoms with van der Waals surface area (Å²) >= 11 is 0. The van der Waals surface area contributed by atoms with Crippen LogP contribution in [0.2, 0.25) is 0 Å².